The minimum Gasteiger partial charge on any atom is -0.465 e. The predicted molar refractivity (Wildman–Crippen MR) is 123 cm³/mol. The van der Waals surface area contributed by atoms with Crippen molar-refractivity contribution < 1.29 is 9.53 Å². The highest BCUT2D eigenvalue weighted by Gasteiger charge is 2.21. The number of aromatic nitrogens is 2. The molecule has 0 aliphatic heterocycles. The number of thiophene rings is 1. The smallest absolute Gasteiger partial charge is 0.337 e. The minimum absolute atomic E-state index is 0.0443. The highest BCUT2D eigenvalue weighted by atomic mass is 32.2. The van der Waals surface area contributed by atoms with E-state index >= 15 is 0 Å². The van der Waals surface area contributed by atoms with E-state index in [0.717, 1.165) is 35.0 Å². The van der Waals surface area contributed by atoms with Crippen LogP contribution in [0, 0.1) is 0 Å². The fourth-order valence-electron chi connectivity index (χ4n) is 3.80. The molecule has 1 aliphatic rings. The van der Waals surface area contributed by atoms with E-state index < -0.39 is 0 Å². The summed E-state index contributed by atoms with van der Waals surface area (Å²) in [7, 11) is 1.37. The lowest BCUT2D eigenvalue weighted by atomic mass is 10.1. The number of ether oxygens (including phenoxy) is 1. The molecule has 0 unspecified atom stereocenters. The first-order valence-electron chi connectivity index (χ1n) is 10.1. The largest absolute Gasteiger partial charge is 0.465 e. The Hall–Kier alpha value is -2.38. The van der Waals surface area contributed by atoms with Gasteiger partial charge in [0.15, 0.2) is 5.16 Å². The summed E-state index contributed by atoms with van der Waals surface area (Å²) in [4.78, 5) is 32.0. The molecule has 0 fully saturated rings. The van der Waals surface area contributed by atoms with Gasteiger partial charge in [0, 0.05) is 17.2 Å². The fraction of sp³-hybridized carbons (Fsp3) is 0.348. The van der Waals surface area contributed by atoms with Gasteiger partial charge in [0.05, 0.1) is 18.1 Å². The quantitative estimate of drug-likeness (QED) is 0.178. The van der Waals surface area contributed by atoms with Gasteiger partial charge < -0.3 is 4.74 Å². The molecule has 0 saturated heterocycles. The highest BCUT2D eigenvalue weighted by molar-refractivity contribution is 7.98. The molecule has 2 aromatic heterocycles. The van der Waals surface area contributed by atoms with Crippen molar-refractivity contribution in [1.29, 1.82) is 0 Å². The number of esters is 1. The summed E-state index contributed by atoms with van der Waals surface area (Å²) in [5.74, 6) is 0.306. The van der Waals surface area contributed by atoms with E-state index in [-0.39, 0.29) is 11.5 Å². The molecule has 0 spiro atoms. The average molecular weight is 441 g/mol. The van der Waals surface area contributed by atoms with E-state index in [2.05, 4.69) is 6.58 Å². The van der Waals surface area contributed by atoms with Crippen LogP contribution < -0.4 is 5.56 Å². The van der Waals surface area contributed by atoms with Gasteiger partial charge >= 0.3 is 5.97 Å². The van der Waals surface area contributed by atoms with Crippen molar-refractivity contribution in [3.63, 3.8) is 0 Å². The SMILES string of the molecule is C=CCn1c(SCc2ccc(C(=O)OC)cc2)nc2sc3c(c2c1=O)CCCCC3. The van der Waals surface area contributed by atoms with Gasteiger partial charge in [0.25, 0.3) is 5.56 Å². The van der Waals surface area contributed by atoms with Gasteiger partial charge in [-0.1, -0.05) is 36.4 Å². The number of nitrogens with zero attached hydrogens (tertiary/aromatic N) is 2. The Morgan fingerprint density at radius 2 is 2.03 bits per heavy atom. The van der Waals surface area contributed by atoms with E-state index in [1.54, 1.807) is 34.1 Å². The second kappa shape index (κ2) is 9.18. The van der Waals surface area contributed by atoms with Crippen LogP contribution in [0.25, 0.3) is 10.2 Å². The third-order valence-electron chi connectivity index (χ3n) is 5.34. The van der Waals surface area contributed by atoms with Gasteiger partial charge in [-0.2, -0.15) is 0 Å². The first kappa shape index (κ1) is 20.9. The van der Waals surface area contributed by atoms with Crippen LogP contribution in [0.4, 0.5) is 0 Å². The number of methoxy groups -OCH3 is 1. The van der Waals surface area contributed by atoms with Crippen molar-refractivity contribution >= 4 is 39.3 Å². The van der Waals surface area contributed by atoms with Gasteiger partial charge in [-0.25, -0.2) is 9.78 Å². The van der Waals surface area contributed by atoms with Crippen molar-refractivity contribution in [2.75, 3.05) is 7.11 Å². The number of thioether (sulfide) groups is 1. The van der Waals surface area contributed by atoms with Crippen molar-refractivity contribution in [2.45, 2.75) is 49.6 Å². The molecule has 1 aromatic carbocycles. The molecule has 30 heavy (non-hydrogen) atoms. The Kier molecular flexibility index (Phi) is 6.39. The van der Waals surface area contributed by atoms with E-state index in [1.807, 2.05) is 12.1 Å². The Labute approximate surface area is 183 Å². The number of carbonyl (C=O) groups excluding carboxylic acids is 1. The van der Waals surface area contributed by atoms with Crippen LogP contribution in [0.1, 0.15) is 45.6 Å². The zero-order chi connectivity index (χ0) is 21.1. The van der Waals surface area contributed by atoms with Crippen molar-refractivity contribution in [1.82, 2.24) is 9.55 Å². The molecule has 0 N–H and O–H groups in total. The van der Waals surface area contributed by atoms with E-state index in [9.17, 15) is 9.59 Å². The molecule has 0 bridgehead atoms. The molecule has 0 amide bonds. The molecule has 0 atom stereocenters. The minimum atomic E-state index is -0.349. The summed E-state index contributed by atoms with van der Waals surface area (Å²) >= 11 is 3.22. The van der Waals surface area contributed by atoms with Gasteiger partial charge in [0.1, 0.15) is 4.83 Å². The number of hydrogen-bond acceptors (Lipinski definition) is 6. The van der Waals surface area contributed by atoms with E-state index in [0.29, 0.717) is 23.0 Å². The highest BCUT2D eigenvalue weighted by Crippen LogP contribution is 2.34. The molecule has 0 radical (unpaired) electrons. The molecule has 156 valence electrons. The summed E-state index contributed by atoms with van der Waals surface area (Å²) in [6, 6.07) is 7.32. The molecule has 7 heteroatoms. The predicted octanol–water partition coefficient (Wildman–Crippen LogP) is 4.99. The van der Waals surface area contributed by atoms with Crippen LogP contribution in [-0.4, -0.2) is 22.6 Å². The number of allylic oxidation sites excluding steroid dienone is 1. The topological polar surface area (TPSA) is 61.2 Å². The second-order valence-electron chi connectivity index (χ2n) is 7.32. The van der Waals surface area contributed by atoms with E-state index in [4.69, 9.17) is 9.72 Å². The maximum atomic E-state index is 13.4. The van der Waals surface area contributed by atoms with Crippen LogP contribution in [0.5, 0.6) is 0 Å². The van der Waals surface area contributed by atoms with Crippen LogP contribution in [-0.2, 0) is 29.9 Å². The van der Waals surface area contributed by atoms with Gasteiger partial charge in [-0.3, -0.25) is 9.36 Å². The molecule has 3 aromatic rings. The fourth-order valence-corrected chi connectivity index (χ4v) is 6.07. The van der Waals surface area contributed by atoms with Gasteiger partial charge in [0.2, 0.25) is 0 Å². The van der Waals surface area contributed by atoms with Crippen LogP contribution in [0.15, 0.2) is 46.9 Å². The van der Waals surface area contributed by atoms with Gasteiger partial charge in [-0.05, 0) is 48.9 Å². The zero-order valence-electron chi connectivity index (χ0n) is 17.0. The summed E-state index contributed by atoms with van der Waals surface area (Å²) < 4.78 is 6.48. The van der Waals surface area contributed by atoms with Gasteiger partial charge in [-0.15, -0.1) is 17.9 Å². The number of hydrogen-bond donors (Lipinski definition) is 0. The molecule has 1 aliphatic carbocycles. The van der Waals surface area contributed by atoms with Crippen LogP contribution in [0.2, 0.25) is 0 Å². The Bertz CT molecular complexity index is 1150. The van der Waals surface area contributed by atoms with Crippen molar-refractivity contribution in [3.8, 4) is 0 Å². The monoisotopic (exact) mass is 440 g/mol. The third-order valence-corrected chi connectivity index (χ3v) is 7.58. The Morgan fingerprint density at radius 1 is 1.27 bits per heavy atom. The summed E-state index contributed by atoms with van der Waals surface area (Å²) in [6.45, 7) is 4.26. The average Bonchev–Trinajstić information content (AvgIpc) is 2.95. The van der Waals surface area contributed by atoms with Crippen LogP contribution >= 0.6 is 23.1 Å². The first-order chi connectivity index (χ1) is 14.6. The lowest BCUT2D eigenvalue weighted by Crippen LogP contribution is -2.23. The lowest BCUT2D eigenvalue weighted by Gasteiger charge is -2.11. The molecule has 5 nitrogen and oxygen atoms in total. The van der Waals surface area contributed by atoms with Crippen LogP contribution in [0.3, 0.4) is 0 Å². The number of aryl methyl sites for hydroxylation is 2. The third kappa shape index (κ3) is 4.09. The number of fused-ring (bicyclic) bond motifs is 3. The first-order valence-corrected chi connectivity index (χ1v) is 11.9. The molecule has 2 heterocycles. The summed E-state index contributed by atoms with van der Waals surface area (Å²) in [6.07, 6.45) is 7.31. The summed E-state index contributed by atoms with van der Waals surface area (Å²) in [5, 5.41) is 1.52. The van der Waals surface area contributed by atoms with Crippen molar-refractivity contribution in [2.24, 2.45) is 0 Å². The van der Waals surface area contributed by atoms with Crippen molar-refractivity contribution in [3.05, 3.63) is 68.8 Å². The number of rotatable bonds is 6. The molecular formula is C23H24N2O3S2. The molecule has 0 saturated carbocycles. The maximum Gasteiger partial charge on any atom is 0.337 e. The Morgan fingerprint density at radius 3 is 2.77 bits per heavy atom. The lowest BCUT2D eigenvalue weighted by molar-refractivity contribution is 0.0600. The summed E-state index contributed by atoms with van der Waals surface area (Å²) in [5.41, 5.74) is 2.84. The zero-order valence-corrected chi connectivity index (χ0v) is 18.6. The molecular weight excluding hydrogens is 416 g/mol. The van der Waals surface area contributed by atoms with E-state index in [1.165, 1.54) is 42.2 Å². The Balaban J connectivity index is 1.66. The number of benzene rings is 1. The number of carbonyl (C=O) groups is 1. The molecule has 4 rings (SSSR count). The maximum absolute atomic E-state index is 13.4. The standard InChI is InChI=1S/C23H24N2O3S2/c1-3-13-25-21(26)19-17-7-5-4-6-8-18(17)30-20(19)24-23(25)29-14-15-9-11-16(12-10-15)22(27)28-2/h3,9-12H,1,4-8,13-14H2,2H3. The second-order valence-corrected chi connectivity index (χ2v) is 9.35. The normalized spacial score (nSPS) is 13.6.